The van der Waals surface area contributed by atoms with E-state index in [1.807, 2.05) is 0 Å². The predicted molar refractivity (Wildman–Crippen MR) is 108 cm³/mol. The summed E-state index contributed by atoms with van der Waals surface area (Å²) in [4.78, 5) is 13.3. The van der Waals surface area contributed by atoms with Gasteiger partial charge in [-0.2, -0.15) is 0 Å². The van der Waals surface area contributed by atoms with E-state index in [0.717, 1.165) is 19.5 Å². The normalized spacial score (nSPS) is 15.2. The van der Waals surface area contributed by atoms with Gasteiger partial charge in [-0.1, -0.05) is 103 Å². The van der Waals surface area contributed by atoms with Crippen LogP contribution in [0.3, 0.4) is 0 Å². The molecule has 1 heterocycles. The van der Waals surface area contributed by atoms with Crippen LogP contribution in [-0.4, -0.2) is 30.2 Å². The van der Waals surface area contributed by atoms with Gasteiger partial charge in [-0.3, -0.25) is 4.90 Å². The van der Waals surface area contributed by atoms with Crippen molar-refractivity contribution in [2.75, 3.05) is 13.1 Å². The zero-order chi connectivity index (χ0) is 18.2. The second-order valence-electron chi connectivity index (χ2n) is 7.80. The van der Waals surface area contributed by atoms with Gasteiger partial charge in [0, 0.05) is 13.1 Å². The van der Waals surface area contributed by atoms with E-state index in [9.17, 15) is 4.79 Å². The molecule has 1 fully saturated rings. The van der Waals surface area contributed by atoms with Crippen LogP contribution in [0.2, 0.25) is 0 Å². The van der Waals surface area contributed by atoms with Gasteiger partial charge in [0.25, 0.3) is 0 Å². The third-order valence-electron chi connectivity index (χ3n) is 5.31. The van der Waals surface area contributed by atoms with Crippen molar-refractivity contribution in [2.45, 2.75) is 116 Å². The van der Waals surface area contributed by atoms with Gasteiger partial charge in [0.2, 0.25) is 0 Å². The van der Waals surface area contributed by atoms with Crippen molar-refractivity contribution in [2.24, 2.45) is 5.73 Å². The fraction of sp³-hybridized carbons (Fsp3) is 0.952. The molecule has 1 unspecified atom stereocenters. The number of primary amides is 1. The molecule has 0 aromatic rings. The van der Waals surface area contributed by atoms with Crippen LogP contribution in [0.5, 0.6) is 0 Å². The highest BCUT2D eigenvalue weighted by Gasteiger charge is 2.27. The summed E-state index contributed by atoms with van der Waals surface area (Å²) in [5.74, 6) is 0. The van der Waals surface area contributed by atoms with E-state index in [0.29, 0.717) is 0 Å². The Kier molecular flexibility index (Phi) is 13.8. The van der Waals surface area contributed by atoms with E-state index in [2.05, 4.69) is 17.1 Å². The first-order valence-electron chi connectivity index (χ1n) is 11.0. The molecule has 0 spiro atoms. The van der Waals surface area contributed by atoms with Crippen molar-refractivity contribution >= 4 is 6.03 Å². The summed E-state index contributed by atoms with van der Waals surface area (Å²) in [6.45, 7) is 4.48. The Balaban J connectivity index is 1.76. The van der Waals surface area contributed by atoms with Crippen molar-refractivity contribution in [1.29, 1.82) is 0 Å². The van der Waals surface area contributed by atoms with Gasteiger partial charge in [-0.15, -0.1) is 0 Å². The average Bonchev–Trinajstić information content (AvgIpc) is 3.42. The van der Waals surface area contributed by atoms with Crippen molar-refractivity contribution in [3.05, 3.63) is 0 Å². The van der Waals surface area contributed by atoms with Crippen LogP contribution < -0.4 is 11.1 Å². The molecule has 1 saturated heterocycles. The second-order valence-corrected chi connectivity index (χ2v) is 7.80. The Morgan fingerprint density at radius 3 is 1.56 bits per heavy atom. The minimum absolute atomic E-state index is 0.180. The van der Waals surface area contributed by atoms with E-state index in [1.54, 1.807) is 0 Å². The fourth-order valence-corrected chi connectivity index (χ4v) is 3.59. The van der Waals surface area contributed by atoms with Crippen LogP contribution in [-0.2, 0) is 0 Å². The summed E-state index contributed by atoms with van der Waals surface area (Å²) >= 11 is 0. The smallest absolute Gasteiger partial charge is 0.313 e. The second kappa shape index (κ2) is 15.5. The Hall–Kier alpha value is -0.770. The highest BCUT2D eigenvalue weighted by Crippen LogP contribution is 2.17. The van der Waals surface area contributed by atoms with Crippen LogP contribution in [0.25, 0.3) is 0 Å². The molecule has 0 aliphatic carbocycles. The highest BCUT2D eigenvalue weighted by molar-refractivity contribution is 5.71. The number of amides is 2. The van der Waals surface area contributed by atoms with Gasteiger partial charge in [0.1, 0.15) is 0 Å². The largest absolute Gasteiger partial charge is 0.352 e. The minimum Gasteiger partial charge on any atom is -0.352 e. The number of nitrogens with one attached hydrogen (secondary N) is 1. The third kappa shape index (κ3) is 14.1. The van der Waals surface area contributed by atoms with Crippen molar-refractivity contribution in [3.63, 3.8) is 0 Å². The van der Waals surface area contributed by atoms with E-state index < -0.39 is 6.03 Å². The first kappa shape index (κ1) is 22.3. The van der Waals surface area contributed by atoms with Crippen molar-refractivity contribution in [1.82, 2.24) is 10.2 Å². The highest BCUT2D eigenvalue weighted by atomic mass is 16.2. The topological polar surface area (TPSA) is 58.1 Å². The molecular formula is C21H43N3O. The lowest BCUT2D eigenvalue weighted by molar-refractivity contribution is 0.231. The molecule has 25 heavy (non-hydrogen) atoms. The predicted octanol–water partition coefficient (Wildman–Crippen LogP) is 5.56. The molecule has 0 radical (unpaired) electrons. The van der Waals surface area contributed by atoms with E-state index >= 15 is 0 Å². The molecular weight excluding hydrogens is 310 g/mol. The van der Waals surface area contributed by atoms with Gasteiger partial charge in [0.15, 0.2) is 0 Å². The molecule has 0 bridgehead atoms. The Labute approximate surface area is 156 Å². The molecule has 1 rings (SSSR count). The van der Waals surface area contributed by atoms with Gasteiger partial charge in [-0.25, -0.2) is 4.79 Å². The quantitative estimate of drug-likeness (QED) is 0.250. The van der Waals surface area contributed by atoms with Gasteiger partial charge < -0.3 is 11.1 Å². The van der Waals surface area contributed by atoms with Gasteiger partial charge in [0.05, 0.1) is 6.17 Å². The lowest BCUT2D eigenvalue weighted by atomic mass is 10.0. The van der Waals surface area contributed by atoms with E-state index in [-0.39, 0.29) is 6.17 Å². The molecule has 4 nitrogen and oxygen atoms in total. The summed E-state index contributed by atoms with van der Waals surface area (Å²) in [5.41, 5.74) is 5.24. The van der Waals surface area contributed by atoms with Crippen LogP contribution in [0.4, 0.5) is 4.79 Å². The average molecular weight is 354 g/mol. The molecule has 0 saturated carbocycles. The Morgan fingerprint density at radius 1 is 0.800 bits per heavy atom. The molecule has 1 atom stereocenters. The molecule has 0 aromatic heterocycles. The Morgan fingerprint density at radius 2 is 1.20 bits per heavy atom. The standard InChI is InChI=1S/C21H43N3O/c1-2-3-4-5-6-7-8-9-10-11-12-13-14-15-16-17-20(23-21(22)25)24-18-19-24/h20H,2-19H2,1H3,(H3,22,23,25). The third-order valence-corrected chi connectivity index (χ3v) is 5.31. The number of rotatable bonds is 18. The number of nitrogens with two attached hydrogens (primary N) is 1. The van der Waals surface area contributed by atoms with E-state index in [1.165, 1.54) is 96.3 Å². The number of hydrogen-bond acceptors (Lipinski definition) is 2. The molecule has 4 heteroatoms. The number of carbonyl (C=O) groups excluding carboxylic acids is 1. The van der Waals surface area contributed by atoms with E-state index in [4.69, 9.17) is 5.73 Å². The maximum absolute atomic E-state index is 11.0. The summed E-state index contributed by atoms with van der Waals surface area (Å²) in [5, 5.41) is 2.86. The SMILES string of the molecule is CCCCCCCCCCCCCCCCCC(NC(N)=O)N1CC1. The molecule has 2 amide bonds. The van der Waals surface area contributed by atoms with Crippen LogP contribution in [0.1, 0.15) is 110 Å². The van der Waals surface area contributed by atoms with Crippen LogP contribution >= 0.6 is 0 Å². The van der Waals surface area contributed by atoms with Crippen LogP contribution in [0, 0.1) is 0 Å². The summed E-state index contributed by atoms with van der Waals surface area (Å²) in [6, 6.07) is -0.391. The number of carbonyl (C=O) groups is 1. The molecule has 3 N–H and O–H groups in total. The summed E-state index contributed by atoms with van der Waals surface area (Å²) in [6.07, 6.45) is 22.1. The van der Waals surface area contributed by atoms with Gasteiger partial charge in [-0.05, 0) is 6.42 Å². The minimum atomic E-state index is -0.391. The number of hydrogen-bond donors (Lipinski definition) is 2. The number of nitrogens with zero attached hydrogens (tertiary/aromatic N) is 1. The summed E-state index contributed by atoms with van der Waals surface area (Å²) < 4.78 is 0. The first-order chi connectivity index (χ1) is 12.2. The van der Waals surface area contributed by atoms with Crippen molar-refractivity contribution in [3.8, 4) is 0 Å². The number of unbranched alkanes of at least 4 members (excludes halogenated alkanes) is 14. The molecule has 148 valence electrons. The van der Waals surface area contributed by atoms with Crippen molar-refractivity contribution < 1.29 is 4.79 Å². The lowest BCUT2D eigenvalue weighted by Gasteiger charge is -2.18. The maximum atomic E-state index is 11.0. The molecule has 0 aromatic carbocycles. The monoisotopic (exact) mass is 353 g/mol. The van der Waals surface area contributed by atoms with Gasteiger partial charge >= 0.3 is 6.03 Å². The fourth-order valence-electron chi connectivity index (χ4n) is 3.59. The Bertz CT molecular complexity index is 318. The zero-order valence-electron chi connectivity index (χ0n) is 16.7. The zero-order valence-corrected chi connectivity index (χ0v) is 16.7. The first-order valence-corrected chi connectivity index (χ1v) is 11.0. The lowest BCUT2D eigenvalue weighted by Crippen LogP contribution is -2.43. The molecule has 1 aliphatic heterocycles. The maximum Gasteiger partial charge on any atom is 0.313 e. The molecule has 1 aliphatic rings. The van der Waals surface area contributed by atoms with Crippen LogP contribution in [0.15, 0.2) is 0 Å². The number of urea groups is 1. The summed E-state index contributed by atoms with van der Waals surface area (Å²) in [7, 11) is 0.